The van der Waals surface area contributed by atoms with E-state index in [1.807, 2.05) is 12.1 Å². The van der Waals surface area contributed by atoms with Gasteiger partial charge in [0.15, 0.2) is 12.6 Å². The Hall–Kier alpha value is -1.39. The minimum absolute atomic E-state index is 0.523. The lowest BCUT2D eigenvalue weighted by Gasteiger charge is -2.08. The number of carbonyl (C=O) groups excluding carboxylic acids is 1. The van der Waals surface area contributed by atoms with Crippen molar-refractivity contribution < 1.29 is 14.6 Å². The molecule has 1 aromatic carbocycles. The summed E-state index contributed by atoms with van der Waals surface area (Å²) in [5.41, 5.74) is 7.88. The number of methoxy groups -OCH3 is 1. The second kappa shape index (κ2) is 7.04. The van der Waals surface area contributed by atoms with E-state index in [0.29, 0.717) is 17.7 Å². The predicted octanol–water partition coefficient (Wildman–Crippen LogP) is 1.76. The average molecular weight is 237 g/mol. The number of unbranched alkanes of at least 4 members (excludes halogenated alkanes) is 1. The van der Waals surface area contributed by atoms with Crippen LogP contribution < -0.4 is 5.73 Å². The van der Waals surface area contributed by atoms with E-state index < -0.39 is 6.29 Å². The number of aliphatic hydroxyl groups is 1. The van der Waals surface area contributed by atoms with Crippen LogP contribution in [-0.4, -0.2) is 24.8 Å². The number of hydrogen-bond donors (Lipinski definition) is 2. The van der Waals surface area contributed by atoms with Crippen molar-refractivity contribution in [3.05, 3.63) is 29.3 Å². The van der Waals surface area contributed by atoms with Crippen LogP contribution in [0.5, 0.6) is 0 Å². The van der Waals surface area contributed by atoms with E-state index in [9.17, 15) is 9.90 Å². The normalized spacial score (nSPS) is 12.4. The molecule has 1 atom stereocenters. The Labute approximate surface area is 101 Å². The molecule has 1 aromatic rings. The lowest BCUT2D eigenvalue weighted by molar-refractivity contribution is -0.0792. The minimum Gasteiger partial charge on any atom is -0.398 e. The second-order valence-corrected chi connectivity index (χ2v) is 4.02. The summed E-state index contributed by atoms with van der Waals surface area (Å²) < 4.78 is 4.75. The van der Waals surface area contributed by atoms with Gasteiger partial charge in [-0.1, -0.05) is 6.07 Å². The molecule has 1 rings (SSSR count). The van der Waals surface area contributed by atoms with Gasteiger partial charge in [-0.15, -0.1) is 0 Å². The number of anilines is 1. The Morgan fingerprint density at radius 2 is 2.24 bits per heavy atom. The van der Waals surface area contributed by atoms with Gasteiger partial charge in [0.2, 0.25) is 0 Å². The minimum atomic E-state index is -0.669. The maximum atomic E-state index is 10.6. The molecule has 0 saturated heterocycles. The van der Waals surface area contributed by atoms with Crippen molar-refractivity contribution in [1.29, 1.82) is 0 Å². The summed E-state index contributed by atoms with van der Waals surface area (Å²) in [5.74, 6) is 0. The molecule has 4 heteroatoms. The molecule has 0 aliphatic heterocycles. The first kappa shape index (κ1) is 13.7. The van der Waals surface area contributed by atoms with Gasteiger partial charge in [0, 0.05) is 18.4 Å². The van der Waals surface area contributed by atoms with Crippen molar-refractivity contribution in [2.45, 2.75) is 32.0 Å². The molecule has 0 amide bonds. The predicted molar refractivity (Wildman–Crippen MR) is 66.8 cm³/mol. The van der Waals surface area contributed by atoms with Crippen LogP contribution in [0.15, 0.2) is 18.2 Å². The lowest BCUT2D eigenvalue weighted by Crippen LogP contribution is -2.08. The quantitative estimate of drug-likeness (QED) is 0.328. The van der Waals surface area contributed by atoms with Gasteiger partial charge in [-0.2, -0.15) is 0 Å². The molecule has 0 aliphatic rings. The Morgan fingerprint density at radius 3 is 2.82 bits per heavy atom. The number of nitrogen functional groups attached to an aromatic ring is 1. The number of carbonyl (C=O) groups is 1. The third-order valence-corrected chi connectivity index (χ3v) is 2.72. The van der Waals surface area contributed by atoms with Gasteiger partial charge < -0.3 is 15.6 Å². The molecule has 4 nitrogen and oxygen atoms in total. The van der Waals surface area contributed by atoms with E-state index in [1.165, 1.54) is 7.11 Å². The molecule has 3 N–H and O–H groups in total. The highest BCUT2D eigenvalue weighted by molar-refractivity contribution is 5.83. The topological polar surface area (TPSA) is 72.5 Å². The van der Waals surface area contributed by atoms with Gasteiger partial charge in [0.05, 0.1) is 0 Å². The number of aldehydes is 1. The molecule has 1 unspecified atom stereocenters. The van der Waals surface area contributed by atoms with Gasteiger partial charge in [0.1, 0.15) is 0 Å². The van der Waals surface area contributed by atoms with Crippen molar-refractivity contribution in [2.75, 3.05) is 12.8 Å². The molecule has 0 heterocycles. The first-order valence-electron chi connectivity index (χ1n) is 5.72. The standard InChI is InChI=1S/C13H19NO3/c1-17-13(16)5-3-2-4-10-6-7-11(9-15)12(14)8-10/h6-9,13,16H,2-5,14H2,1H3. The van der Waals surface area contributed by atoms with Gasteiger partial charge in [-0.05, 0) is 43.4 Å². The van der Waals surface area contributed by atoms with Gasteiger partial charge >= 0.3 is 0 Å². The van der Waals surface area contributed by atoms with Crippen molar-refractivity contribution in [3.63, 3.8) is 0 Å². The Balaban J connectivity index is 2.37. The fourth-order valence-corrected chi connectivity index (χ4v) is 1.65. The molecule has 0 saturated carbocycles. The molecule has 0 spiro atoms. The van der Waals surface area contributed by atoms with Crippen molar-refractivity contribution in [2.24, 2.45) is 0 Å². The molecule has 0 aliphatic carbocycles. The van der Waals surface area contributed by atoms with Crippen LogP contribution in [-0.2, 0) is 11.2 Å². The van der Waals surface area contributed by atoms with Gasteiger partial charge in [-0.25, -0.2) is 0 Å². The Kier molecular flexibility index (Phi) is 5.66. The Bertz CT molecular complexity index is 366. The summed E-state index contributed by atoms with van der Waals surface area (Å²) in [7, 11) is 1.49. The van der Waals surface area contributed by atoms with E-state index in [0.717, 1.165) is 31.1 Å². The molecule has 17 heavy (non-hydrogen) atoms. The maximum Gasteiger partial charge on any atom is 0.154 e. The molecule has 0 fully saturated rings. The fourth-order valence-electron chi connectivity index (χ4n) is 1.65. The first-order chi connectivity index (χ1) is 8.17. The highest BCUT2D eigenvalue weighted by Gasteiger charge is 2.02. The maximum absolute atomic E-state index is 10.6. The third-order valence-electron chi connectivity index (χ3n) is 2.72. The molecular formula is C13H19NO3. The Morgan fingerprint density at radius 1 is 1.47 bits per heavy atom. The smallest absolute Gasteiger partial charge is 0.154 e. The number of aliphatic hydroxyl groups excluding tert-OH is 1. The zero-order valence-electron chi connectivity index (χ0n) is 10.1. The summed E-state index contributed by atoms with van der Waals surface area (Å²) in [6.07, 6.45) is 3.47. The highest BCUT2D eigenvalue weighted by atomic mass is 16.6. The lowest BCUT2D eigenvalue weighted by atomic mass is 10.0. The highest BCUT2D eigenvalue weighted by Crippen LogP contribution is 2.15. The van der Waals surface area contributed by atoms with Crippen LogP contribution in [0.4, 0.5) is 5.69 Å². The largest absolute Gasteiger partial charge is 0.398 e. The zero-order valence-corrected chi connectivity index (χ0v) is 10.1. The van der Waals surface area contributed by atoms with E-state index in [4.69, 9.17) is 10.5 Å². The monoisotopic (exact) mass is 237 g/mol. The summed E-state index contributed by atoms with van der Waals surface area (Å²) in [6, 6.07) is 5.48. The second-order valence-electron chi connectivity index (χ2n) is 4.02. The van der Waals surface area contributed by atoms with E-state index >= 15 is 0 Å². The summed E-state index contributed by atoms with van der Waals surface area (Å²) in [5, 5.41) is 9.19. The number of aryl methyl sites for hydroxylation is 1. The molecule has 0 bridgehead atoms. The van der Waals surface area contributed by atoms with Crippen molar-refractivity contribution in [3.8, 4) is 0 Å². The van der Waals surface area contributed by atoms with Crippen LogP contribution in [0.1, 0.15) is 35.2 Å². The zero-order chi connectivity index (χ0) is 12.7. The summed E-state index contributed by atoms with van der Waals surface area (Å²) >= 11 is 0. The third kappa shape index (κ3) is 4.54. The molecular weight excluding hydrogens is 218 g/mol. The van der Waals surface area contributed by atoms with Crippen LogP contribution in [0.3, 0.4) is 0 Å². The first-order valence-corrected chi connectivity index (χ1v) is 5.72. The summed E-state index contributed by atoms with van der Waals surface area (Å²) in [6.45, 7) is 0. The molecule has 94 valence electrons. The number of nitrogens with two attached hydrogens (primary N) is 1. The van der Waals surface area contributed by atoms with Gasteiger partial charge in [0.25, 0.3) is 0 Å². The van der Waals surface area contributed by atoms with Crippen molar-refractivity contribution in [1.82, 2.24) is 0 Å². The van der Waals surface area contributed by atoms with Gasteiger partial charge in [-0.3, -0.25) is 4.79 Å². The van der Waals surface area contributed by atoms with Crippen LogP contribution in [0.2, 0.25) is 0 Å². The SMILES string of the molecule is COC(O)CCCCc1ccc(C=O)c(N)c1. The number of hydrogen-bond acceptors (Lipinski definition) is 4. The average Bonchev–Trinajstić information content (AvgIpc) is 2.34. The van der Waals surface area contributed by atoms with E-state index in [1.54, 1.807) is 6.07 Å². The van der Waals surface area contributed by atoms with E-state index in [2.05, 4.69) is 0 Å². The van der Waals surface area contributed by atoms with E-state index in [-0.39, 0.29) is 0 Å². The van der Waals surface area contributed by atoms with Crippen molar-refractivity contribution >= 4 is 12.0 Å². The van der Waals surface area contributed by atoms with Crippen LogP contribution >= 0.6 is 0 Å². The molecule has 0 aromatic heterocycles. The summed E-state index contributed by atoms with van der Waals surface area (Å²) in [4.78, 5) is 10.6. The number of ether oxygens (including phenoxy) is 1. The number of rotatable bonds is 7. The van der Waals surface area contributed by atoms with Crippen LogP contribution in [0.25, 0.3) is 0 Å². The fraction of sp³-hybridized carbons (Fsp3) is 0.462. The van der Waals surface area contributed by atoms with Crippen LogP contribution in [0, 0.1) is 0 Å². The molecule has 0 radical (unpaired) electrons. The number of benzene rings is 1.